The first-order valence-electron chi connectivity index (χ1n) is 20.5. The molecule has 0 unspecified atom stereocenters. The fraction of sp³-hybridized carbons (Fsp3) is 0.900. The van der Waals surface area contributed by atoms with Crippen LogP contribution in [0.3, 0.4) is 0 Å². The Labute approximate surface area is 301 Å². The highest BCUT2D eigenvalue weighted by Crippen LogP contribution is 2.36. The largest absolute Gasteiger partial charge is 0.469 e. The average molecular weight is 717 g/mol. The third-order valence-corrected chi connectivity index (χ3v) is 9.53. The zero-order chi connectivity index (χ0) is 36.1. The number of esters is 2. The molecule has 0 rings (SSSR count). The van der Waals surface area contributed by atoms with Crippen LogP contribution < -0.4 is 0 Å². The SMILES string of the molecule is CCCCCCCCCCCCC/C=C/CCC(=O)O[C@H](COC(=O)CCCCCCCCCCCCCCCCCC)COP(=O)(O)O. The molecule has 290 valence electrons. The van der Waals surface area contributed by atoms with Gasteiger partial charge >= 0.3 is 19.8 Å². The summed E-state index contributed by atoms with van der Waals surface area (Å²) in [6.45, 7) is 3.67. The fourth-order valence-corrected chi connectivity index (χ4v) is 6.34. The Morgan fingerprint density at radius 1 is 0.510 bits per heavy atom. The first-order valence-corrected chi connectivity index (χ1v) is 22.0. The van der Waals surface area contributed by atoms with Crippen molar-refractivity contribution < 1.29 is 37.9 Å². The molecule has 8 nitrogen and oxygen atoms in total. The molecular formula is C40H77O8P. The van der Waals surface area contributed by atoms with Gasteiger partial charge in [0.15, 0.2) is 6.10 Å². The van der Waals surface area contributed by atoms with Gasteiger partial charge in [0.1, 0.15) is 6.61 Å². The minimum Gasteiger partial charge on any atom is -0.462 e. The predicted molar refractivity (Wildman–Crippen MR) is 202 cm³/mol. The van der Waals surface area contributed by atoms with Crippen molar-refractivity contribution in [2.24, 2.45) is 0 Å². The van der Waals surface area contributed by atoms with Crippen LogP contribution in [0.4, 0.5) is 0 Å². The zero-order valence-corrected chi connectivity index (χ0v) is 32.8. The van der Waals surface area contributed by atoms with Gasteiger partial charge in [-0.15, -0.1) is 0 Å². The van der Waals surface area contributed by atoms with E-state index in [-0.39, 0.29) is 19.4 Å². The van der Waals surface area contributed by atoms with Gasteiger partial charge in [-0.3, -0.25) is 14.1 Å². The lowest BCUT2D eigenvalue weighted by Gasteiger charge is -2.18. The zero-order valence-electron chi connectivity index (χ0n) is 31.9. The molecule has 0 fully saturated rings. The van der Waals surface area contributed by atoms with Crippen molar-refractivity contribution in [2.45, 2.75) is 219 Å². The third kappa shape index (κ3) is 39.4. The highest BCUT2D eigenvalue weighted by atomic mass is 31.2. The number of ether oxygens (including phenoxy) is 2. The van der Waals surface area contributed by atoms with Gasteiger partial charge in [-0.1, -0.05) is 187 Å². The summed E-state index contributed by atoms with van der Waals surface area (Å²) in [6, 6.07) is 0. The third-order valence-electron chi connectivity index (χ3n) is 9.05. The number of carbonyl (C=O) groups excluding carboxylic acids is 2. The Kier molecular flexibility index (Phi) is 35.7. The lowest BCUT2D eigenvalue weighted by Crippen LogP contribution is -2.29. The monoisotopic (exact) mass is 717 g/mol. The van der Waals surface area contributed by atoms with E-state index in [4.69, 9.17) is 19.3 Å². The van der Waals surface area contributed by atoms with Crippen molar-refractivity contribution in [3.8, 4) is 0 Å². The van der Waals surface area contributed by atoms with Gasteiger partial charge in [-0.25, -0.2) is 4.57 Å². The van der Waals surface area contributed by atoms with E-state index >= 15 is 0 Å². The topological polar surface area (TPSA) is 119 Å². The highest BCUT2D eigenvalue weighted by Gasteiger charge is 2.22. The van der Waals surface area contributed by atoms with E-state index in [0.29, 0.717) is 6.42 Å². The summed E-state index contributed by atoms with van der Waals surface area (Å²) in [7, 11) is -4.75. The van der Waals surface area contributed by atoms with Crippen LogP contribution in [0, 0.1) is 0 Å². The van der Waals surface area contributed by atoms with Crippen molar-refractivity contribution in [1.82, 2.24) is 0 Å². The lowest BCUT2D eigenvalue weighted by atomic mass is 10.0. The maximum atomic E-state index is 12.3. The van der Waals surface area contributed by atoms with Gasteiger partial charge in [-0.05, 0) is 25.7 Å². The van der Waals surface area contributed by atoms with E-state index < -0.39 is 32.5 Å². The summed E-state index contributed by atoms with van der Waals surface area (Å²) in [4.78, 5) is 42.7. The second kappa shape index (κ2) is 36.6. The van der Waals surface area contributed by atoms with Crippen LogP contribution in [0.25, 0.3) is 0 Å². The highest BCUT2D eigenvalue weighted by molar-refractivity contribution is 7.46. The van der Waals surface area contributed by atoms with Crippen LogP contribution in [0.2, 0.25) is 0 Å². The molecule has 0 aromatic carbocycles. The van der Waals surface area contributed by atoms with Gasteiger partial charge in [-0.2, -0.15) is 0 Å². The number of allylic oxidation sites excluding steroid dienone is 2. The summed E-state index contributed by atoms with van der Waals surface area (Å²) in [5.41, 5.74) is 0. The normalized spacial score (nSPS) is 12.5. The predicted octanol–water partition coefficient (Wildman–Crippen LogP) is 12.2. The molecule has 0 spiro atoms. The van der Waals surface area contributed by atoms with Gasteiger partial charge in [0, 0.05) is 12.8 Å². The molecule has 0 aromatic rings. The van der Waals surface area contributed by atoms with Gasteiger partial charge in [0.05, 0.1) is 6.61 Å². The fourth-order valence-electron chi connectivity index (χ4n) is 5.98. The molecule has 0 aliphatic carbocycles. The molecule has 0 saturated carbocycles. The van der Waals surface area contributed by atoms with E-state index in [2.05, 4.69) is 24.4 Å². The molecule has 0 bridgehead atoms. The summed E-state index contributed by atoms with van der Waals surface area (Å²) in [6.07, 6.45) is 39.4. The molecule has 2 N–H and O–H groups in total. The smallest absolute Gasteiger partial charge is 0.462 e. The number of phosphoric ester groups is 1. The van der Waals surface area contributed by atoms with Crippen LogP contribution in [0.5, 0.6) is 0 Å². The quantitative estimate of drug-likeness (QED) is 0.0280. The number of unbranched alkanes of at least 4 members (excludes halogenated alkanes) is 26. The van der Waals surface area contributed by atoms with E-state index in [1.165, 1.54) is 148 Å². The van der Waals surface area contributed by atoms with Crippen LogP contribution in [0.1, 0.15) is 213 Å². The molecule has 0 heterocycles. The molecule has 0 radical (unpaired) electrons. The summed E-state index contributed by atoms with van der Waals surface area (Å²) < 4.78 is 26.3. The molecule has 0 aliphatic rings. The van der Waals surface area contributed by atoms with Crippen molar-refractivity contribution in [3.05, 3.63) is 12.2 Å². The molecule has 0 aromatic heterocycles. The van der Waals surface area contributed by atoms with Crippen molar-refractivity contribution in [1.29, 1.82) is 0 Å². The van der Waals surface area contributed by atoms with E-state index in [9.17, 15) is 14.2 Å². The maximum Gasteiger partial charge on any atom is 0.469 e. The molecule has 1 atom stereocenters. The number of rotatable bonds is 38. The Morgan fingerprint density at radius 3 is 1.33 bits per heavy atom. The second-order valence-corrected chi connectivity index (χ2v) is 15.2. The molecular weight excluding hydrogens is 639 g/mol. The van der Waals surface area contributed by atoms with Crippen LogP contribution in [-0.4, -0.2) is 41.0 Å². The number of hydrogen-bond acceptors (Lipinski definition) is 6. The van der Waals surface area contributed by atoms with Gasteiger partial charge < -0.3 is 19.3 Å². The van der Waals surface area contributed by atoms with Crippen molar-refractivity contribution in [2.75, 3.05) is 13.2 Å². The minimum absolute atomic E-state index is 0.133. The number of hydrogen-bond donors (Lipinski definition) is 2. The number of phosphoric acid groups is 1. The van der Waals surface area contributed by atoms with E-state index in [1.807, 2.05) is 6.08 Å². The summed E-state index contributed by atoms with van der Waals surface area (Å²) in [5.74, 6) is -0.930. The van der Waals surface area contributed by atoms with Crippen molar-refractivity contribution >= 4 is 19.8 Å². The van der Waals surface area contributed by atoms with Crippen LogP contribution in [0.15, 0.2) is 12.2 Å². The Balaban J connectivity index is 3.93. The Bertz CT molecular complexity index is 812. The molecule has 49 heavy (non-hydrogen) atoms. The van der Waals surface area contributed by atoms with Crippen LogP contribution >= 0.6 is 7.82 Å². The van der Waals surface area contributed by atoms with Crippen molar-refractivity contribution in [3.63, 3.8) is 0 Å². The summed E-state index contributed by atoms with van der Waals surface area (Å²) >= 11 is 0. The van der Waals surface area contributed by atoms with E-state index in [0.717, 1.165) is 32.1 Å². The molecule has 0 saturated heterocycles. The molecule has 9 heteroatoms. The molecule has 0 amide bonds. The Hall–Kier alpha value is -1.21. The maximum absolute atomic E-state index is 12.3. The van der Waals surface area contributed by atoms with Gasteiger partial charge in [0.2, 0.25) is 0 Å². The summed E-state index contributed by atoms with van der Waals surface area (Å²) in [5, 5.41) is 0. The first kappa shape index (κ1) is 47.8. The standard InChI is InChI=1S/C40H77O8P/c1-3-5-7-9-11-13-15-17-19-21-22-24-26-28-30-32-34-39(41)46-36-38(37-47-49(43,44)45)48-40(42)35-33-31-29-27-25-23-20-18-16-14-12-10-8-6-4-2/h29,31,38H,3-28,30,32-37H2,1-2H3,(H2,43,44,45)/b31-29+/t38-/m1/s1. The van der Waals surface area contributed by atoms with E-state index in [1.54, 1.807) is 0 Å². The first-order chi connectivity index (χ1) is 23.8. The van der Waals surface area contributed by atoms with Gasteiger partial charge in [0.25, 0.3) is 0 Å². The second-order valence-electron chi connectivity index (χ2n) is 14.0. The lowest BCUT2D eigenvalue weighted by molar-refractivity contribution is -0.161. The average Bonchev–Trinajstić information content (AvgIpc) is 3.07. The number of carbonyl (C=O) groups is 2. The van der Waals surface area contributed by atoms with Crippen LogP contribution in [-0.2, 0) is 28.2 Å². The molecule has 0 aliphatic heterocycles. The minimum atomic E-state index is -4.75. The Morgan fingerprint density at radius 2 is 0.898 bits per heavy atom.